The van der Waals surface area contributed by atoms with Gasteiger partial charge in [0.15, 0.2) is 0 Å². The summed E-state index contributed by atoms with van der Waals surface area (Å²) in [5.41, 5.74) is 2.80. The molecule has 1 aromatic heterocycles. The molecule has 0 amide bonds. The summed E-state index contributed by atoms with van der Waals surface area (Å²) in [5, 5.41) is 3.38. The third-order valence-electron chi connectivity index (χ3n) is 3.42. The molecule has 1 aliphatic heterocycles. The Morgan fingerprint density at radius 1 is 1.12 bits per heavy atom. The Hall–Kier alpha value is -1.83. The first kappa shape index (κ1) is 10.3. The molecule has 3 rings (SSSR count). The van der Waals surface area contributed by atoms with Crippen LogP contribution in [-0.4, -0.2) is 11.5 Å². The van der Waals surface area contributed by atoms with Gasteiger partial charge in [0, 0.05) is 18.7 Å². The SMILES string of the molecule is c1ccc(CCC2CNc3ncccc32)cc1. The van der Waals surface area contributed by atoms with E-state index in [4.69, 9.17) is 0 Å². The van der Waals surface area contributed by atoms with Crippen LogP contribution >= 0.6 is 0 Å². The van der Waals surface area contributed by atoms with Crippen molar-refractivity contribution in [3.05, 3.63) is 59.8 Å². The van der Waals surface area contributed by atoms with Gasteiger partial charge in [-0.1, -0.05) is 36.4 Å². The minimum atomic E-state index is 0.610. The Morgan fingerprint density at radius 3 is 2.88 bits per heavy atom. The molecule has 2 nitrogen and oxygen atoms in total. The van der Waals surface area contributed by atoms with Crippen molar-refractivity contribution in [2.45, 2.75) is 18.8 Å². The number of anilines is 1. The summed E-state index contributed by atoms with van der Waals surface area (Å²) in [6, 6.07) is 14.9. The minimum absolute atomic E-state index is 0.610. The number of aromatic nitrogens is 1. The lowest BCUT2D eigenvalue weighted by Crippen LogP contribution is -2.03. The van der Waals surface area contributed by atoms with Crippen molar-refractivity contribution >= 4 is 5.82 Å². The fraction of sp³-hybridized carbons (Fsp3) is 0.267. The Kier molecular flexibility index (Phi) is 2.78. The molecule has 0 saturated heterocycles. The van der Waals surface area contributed by atoms with Gasteiger partial charge >= 0.3 is 0 Å². The van der Waals surface area contributed by atoms with E-state index in [1.165, 1.54) is 17.5 Å². The van der Waals surface area contributed by atoms with Gasteiger partial charge in [-0.05, 0) is 30.0 Å². The van der Waals surface area contributed by atoms with Crippen LogP contribution in [0.4, 0.5) is 5.82 Å². The van der Waals surface area contributed by atoms with Gasteiger partial charge in [0.1, 0.15) is 5.82 Å². The highest BCUT2D eigenvalue weighted by atomic mass is 15.0. The standard InChI is InChI=1S/C15H16N2/c1-2-5-12(6-3-1)8-9-13-11-17-15-14(13)7-4-10-16-15/h1-7,10,13H,8-9,11H2,(H,16,17). The topological polar surface area (TPSA) is 24.9 Å². The van der Waals surface area contributed by atoms with E-state index < -0.39 is 0 Å². The molecule has 1 N–H and O–H groups in total. The Balaban J connectivity index is 1.68. The number of benzene rings is 1. The molecule has 2 heterocycles. The predicted octanol–water partition coefficient (Wildman–Crippen LogP) is 3.22. The van der Waals surface area contributed by atoms with Crippen LogP contribution in [0.1, 0.15) is 23.5 Å². The van der Waals surface area contributed by atoms with Crippen LogP contribution in [0.3, 0.4) is 0 Å². The lowest BCUT2D eigenvalue weighted by Gasteiger charge is -2.09. The number of nitrogens with zero attached hydrogens (tertiary/aromatic N) is 1. The van der Waals surface area contributed by atoms with Crippen LogP contribution in [-0.2, 0) is 6.42 Å². The maximum Gasteiger partial charge on any atom is 0.129 e. The molecule has 0 saturated carbocycles. The van der Waals surface area contributed by atoms with Crippen molar-refractivity contribution in [2.24, 2.45) is 0 Å². The molecule has 2 aromatic rings. The molecule has 1 atom stereocenters. The van der Waals surface area contributed by atoms with E-state index in [2.05, 4.69) is 46.7 Å². The van der Waals surface area contributed by atoms with Crippen LogP contribution < -0.4 is 5.32 Å². The van der Waals surface area contributed by atoms with Gasteiger partial charge in [0.05, 0.1) is 0 Å². The quantitative estimate of drug-likeness (QED) is 0.865. The molecule has 0 fully saturated rings. The van der Waals surface area contributed by atoms with Crippen LogP contribution in [0.2, 0.25) is 0 Å². The highest BCUT2D eigenvalue weighted by molar-refractivity contribution is 5.51. The van der Waals surface area contributed by atoms with Gasteiger partial charge in [-0.2, -0.15) is 0 Å². The first-order valence-electron chi connectivity index (χ1n) is 6.16. The van der Waals surface area contributed by atoms with Gasteiger partial charge < -0.3 is 5.32 Å². The average molecular weight is 224 g/mol. The number of hydrogen-bond donors (Lipinski definition) is 1. The van der Waals surface area contributed by atoms with Gasteiger partial charge in [0.25, 0.3) is 0 Å². The van der Waals surface area contributed by atoms with E-state index in [0.717, 1.165) is 18.8 Å². The second-order valence-electron chi connectivity index (χ2n) is 4.54. The molecule has 1 unspecified atom stereocenters. The summed E-state index contributed by atoms with van der Waals surface area (Å²) >= 11 is 0. The fourth-order valence-corrected chi connectivity index (χ4v) is 2.47. The van der Waals surface area contributed by atoms with Crippen molar-refractivity contribution in [3.8, 4) is 0 Å². The molecular formula is C15H16N2. The first-order chi connectivity index (χ1) is 8.43. The third-order valence-corrected chi connectivity index (χ3v) is 3.42. The van der Waals surface area contributed by atoms with Crippen molar-refractivity contribution in [1.29, 1.82) is 0 Å². The molecule has 2 heteroatoms. The molecular weight excluding hydrogens is 208 g/mol. The van der Waals surface area contributed by atoms with E-state index in [1.807, 2.05) is 12.3 Å². The van der Waals surface area contributed by atoms with Crippen LogP contribution in [0.15, 0.2) is 48.7 Å². The van der Waals surface area contributed by atoms with E-state index in [1.54, 1.807) is 0 Å². The molecule has 0 bridgehead atoms. The summed E-state index contributed by atoms with van der Waals surface area (Å²) in [6.45, 7) is 1.03. The first-order valence-corrected chi connectivity index (χ1v) is 6.16. The fourth-order valence-electron chi connectivity index (χ4n) is 2.47. The summed E-state index contributed by atoms with van der Waals surface area (Å²) < 4.78 is 0. The molecule has 1 aromatic carbocycles. The monoisotopic (exact) mass is 224 g/mol. The normalized spacial score (nSPS) is 17.5. The summed E-state index contributed by atoms with van der Waals surface area (Å²) in [7, 11) is 0. The molecule has 1 aliphatic rings. The number of nitrogens with one attached hydrogen (secondary N) is 1. The average Bonchev–Trinajstić information content (AvgIpc) is 2.81. The predicted molar refractivity (Wildman–Crippen MR) is 70.2 cm³/mol. The highest BCUT2D eigenvalue weighted by Gasteiger charge is 2.21. The van der Waals surface area contributed by atoms with Crippen molar-refractivity contribution in [2.75, 3.05) is 11.9 Å². The summed E-state index contributed by atoms with van der Waals surface area (Å²) in [4.78, 5) is 4.35. The number of pyridine rings is 1. The van der Waals surface area contributed by atoms with Crippen LogP contribution in [0.5, 0.6) is 0 Å². The van der Waals surface area contributed by atoms with Gasteiger partial charge in [0.2, 0.25) is 0 Å². The number of hydrogen-bond acceptors (Lipinski definition) is 2. The Morgan fingerprint density at radius 2 is 2.00 bits per heavy atom. The number of fused-ring (bicyclic) bond motifs is 1. The number of rotatable bonds is 3. The van der Waals surface area contributed by atoms with Gasteiger partial charge in [-0.15, -0.1) is 0 Å². The number of aryl methyl sites for hydroxylation is 1. The third kappa shape index (κ3) is 2.16. The van der Waals surface area contributed by atoms with Crippen molar-refractivity contribution in [3.63, 3.8) is 0 Å². The van der Waals surface area contributed by atoms with Crippen molar-refractivity contribution in [1.82, 2.24) is 4.98 Å². The second-order valence-corrected chi connectivity index (χ2v) is 4.54. The van der Waals surface area contributed by atoms with E-state index in [0.29, 0.717) is 5.92 Å². The molecule has 0 aliphatic carbocycles. The highest BCUT2D eigenvalue weighted by Crippen LogP contribution is 2.32. The molecule has 0 spiro atoms. The smallest absolute Gasteiger partial charge is 0.129 e. The van der Waals surface area contributed by atoms with E-state index in [-0.39, 0.29) is 0 Å². The van der Waals surface area contributed by atoms with Gasteiger partial charge in [-0.25, -0.2) is 4.98 Å². The maximum absolute atomic E-state index is 4.35. The van der Waals surface area contributed by atoms with E-state index >= 15 is 0 Å². The van der Waals surface area contributed by atoms with E-state index in [9.17, 15) is 0 Å². The largest absolute Gasteiger partial charge is 0.369 e. The summed E-state index contributed by atoms with van der Waals surface area (Å²) in [5.74, 6) is 1.68. The molecule has 17 heavy (non-hydrogen) atoms. The lowest BCUT2D eigenvalue weighted by molar-refractivity contribution is 0.675. The summed E-state index contributed by atoms with van der Waals surface area (Å²) in [6.07, 6.45) is 4.18. The van der Waals surface area contributed by atoms with Crippen LogP contribution in [0, 0.1) is 0 Å². The van der Waals surface area contributed by atoms with Crippen LogP contribution in [0.25, 0.3) is 0 Å². The zero-order valence-corrected chi connectivity index (χ0v) is 9.76. The zero-order valence-electron chi connectivity index (χ0n) is 9.76. The second kappa shape index (κ2) is 4.58. The molecule has 86 valence electrons. The Labute approximate surface area is 102 Å². The zero-order chi connectivity index (χ0) is 11.5. The minimum Gasteiger partial charge on any atom is -0.369 e. The lowest BCUT2D eigenvalue weighted by atomic mass is 9.95. The maximum atomic E-state index is 4.35. The Bertz CT molecular complexity index is 493. The van der Waals surface area contributed by atoms with Crippen molar-refractivity contribution < 1.29 is 0 Å². The molecule has 0 radical (unpaired) electrons. The van der Waals surface area contributed by atoms with Gasteiger partial charge in [-0.3, -0.25) is 0 Å².